The summed E-state index contributed by atoms with van der Waals surface area (Å²) >= 11 is 0. The van der Waals surface area contributed by atoms with Crippen molar-refractivity contribution in [3.8, 4) is 0 Å². The number of nitrogens with one attached hydrogen (secondary N) is 1. The third-order valence-electron chi connectivity index (χ3n) is 3.16. The number of aromatic nitrogens is 2. The zero-order valence-corrected chi connectivity index (χ0v) is 9.33. The minimum Gasteiger partial charge on any atom is -0.383 e. The molecule has 4 heteroatoms. The van der Waals surface area contributed by atoms with E-state index in [1.54, 1.807) is 0 Å². The van der Waals surface area contributed by atoms with Crippen LogP contribution in [0.4, 0.5) is 11.6 Å². The highest BCUT2D eigenvalue weighted by molar-refractivity contribution is 5.54. The Kier molecular flexibility index (Phi) is 2.75. The average molecular weight is 206 g/mol. The number of anilines is 2. The summed E-state index contributed by atoms with van der Waals surface area (Å²) < 4.78 is 0. The van der Waals surface area contributed by atoms with Crippen molar-refractivity contribution >= 4 is 11.6 Å². The number of rotatable bonds is 2. The molecule has 0 spiro atoms. The number of hydrogen-bond acceptors (Lipinski definition) is 4. The first-order chi connectivity index (χ1) is 7.16. The Bertz CT molecular complexity index is 350. The molecule has 0 aromatic carbocycles. The number of nitrogens with zero attached hydrogens (tertiary/aromatic N) is 2. The van der Waals surface area contributed by atoms with E-state index in [0.717, 1.165) is 17.3 Å². The number of hydrogen-bond donors (Lipinski definition) is 2. The average Bonchev–Trinajstić information content (AvgIpc) is 2.59. The Hall–Kier alpha value is -1.32. The molecular weight excluding hydrogens is 188 g/mol. The van der Waals surface area contributed by atoms with Crippen LogP contribution in [0.1, 0.15) is 31.7 Å². The molecule has 1 saturated carbocycles. The molecule has 0 saturated heterocycles. The van der Waals surface area contributed by atoms with E-state index < -0.39 is 0 Å². The fraction of sp³-hybridized carbons (Fsp3) is 0.636. The Morgan fingerprint density at radius 1 is 1.40 bits per heavy atom. The maximum absolute atomic E-state index is 5.73. The zero-order chi connectivity index (χ0) is 10.8. The topological polar surface area (TPSA) is 63.8 Å². The van der Waals surface area contributed by atoms with Gasteiger partial charge >= 0.3 is 0 Å². The third kappa shape index (κ3) is 2.19. The maximum atomic E-state index is 5.73. The van der Waals surface area contributed by atoms with E-state index in [4.69, 9.17) is 5.73 Å². The SMILES string of the molecule is Cc1c(N)ncnc1NC1CCC(C)C1. The standard InChI is InChI=1S/C11H18N4/c1-7-3-4-9(5-7)15-11-8(2)10(12)13-6-14-11/h6-7,9H,3-5H2,1-2H3,(H3,12,13,14,15). The molecule has 3 N–H and O–H groups in total. The molecule has 0 radical (unpaired) electrons. The van der Waals surface area contributed by atoms with Gasteiger partial charge in [0, 0.05) is 11.6 Å². The Balaban J connectivity index is 2.07. The first-order valence-corrected chi connectivity index (χ1v) is 5.50. The molecule has 1 aromatic rings. The molecule has 2 atom stereocenters. The summed E-state index contributed by atoms with van der Waals surface area (Å²) in [6.45, 7) is 4.25. The summed E-state index contributed by atoms with van der Waals surface area (Å²) in [4.78, 5) is 8.18. The molecule has 0 bridgehead atoms. The van der Waals surface area contributed by atoms with Crippen molar-refractivity contribution in [1.29, 1.82) is 0 Å². The van der Waals surface area contributed by atoms with E-state index in [1.807, 2.05) is 6.92 Å². The van der Waals surface area contributed by atoms with Gasteiger partial charge in [0.1, 0.15) is 18.0 Å². The summed E-state index contributed by atoms with van der Waals surface area (Å²) in [7, 11) is 0. The van der Waals surface area contributed by atoms with E-state index in [0.29, 0.717) is 11.9 Å². The first kappa shape index (κ1) is 10.2. The van der Waals surface area contributed by atoms with Crippen molar-refractivity contribution in [3.63, 3.8) is 0 Å². The molecule has 82 valence electrons. The van der Waals surface area contributed by atoms with Gasteiger partial charge in [0.05, 0.1) is 0 Å². The summed E-state index contributed by atoms with van der Waals surface area (Å²) in [5, 5.41) is 3.45. The van der Waals surface area contributed by atoms with Gasteiger partial charge in [-0.2, -0.15) is 0 Å². The summed E-state index contributed by atoms with van der Waals surface area (Å²) in [6.07, 6.45) is 5.27. The van der Waals surface area contributed by atoms with Crippen molar-refractivity contribution in [2.45, 2.75) is 39.2 Å². The normalized spacial score (nSPS) is 25.5. The van der Waals surface area contributed by atoms with Crippen LogP contribution in [0.25, 0.3) is 0 Å². The second-order valence-corrected chi connectivity index (χ2v) is 4.49. The van der Waals surface area contributed by atoms with Crippen LogP contribution in [-0.2, 0) is 0 Å². The summed E-state index contributed by atoms with van der Waals surface area (Å²) in [5.74, 6) is 2.28. The molecule has 2 rings (SSSR count). The van der Waals surface area contributed by atoms with E-state index in [1.165, 1.54) is 25.6 Å². The number of nitrogen functional groups attached to an aromatic ring is 1. The van der Waals surface area contributed by atoms with Crippen LogP contribution >= 0.6 is 0 Å². The number of nitrogens with two attached hydrogens (primary N) is 1. The van der Waals surface area contributed by atoms with Gasteiger partial charge in [0.25, 0.3) is 0 Å². The minimum atomic E-state index is 0.549. The zero-order valence-electron chi connectivity index (χ0n) is 9.33. The van der Waals surface area contributed by atoms with Gasteiger partial charge in [-0.3, -0.25) is 0 Å². The maximum Gasteiger partial charge on any atom is 0.134 e. The highest BCUT2D eigenvalue weighted by atomic mass is 15.1. The largest absolute Gasteiger partial charge is 0.383 e. The molecule has 4 nitrogen and oxygen atoms in total. The first-order valence-electron chi connectivity index (χ1n) is 5.50. The van der Waals surface area contributed by atoms with Crippen LogP contribution in [0.3, 0.4) is 0 Å². The lowest BCUT2D eigenvalue weighted by Crippen LogP contribution is -2.17. The smallest absolute Gasteiger partial charge is 0.134 e. The lowest BCUT2D eigenvalue weighted by atomic mass is 10.1. The van der Waals surface area contributed by atoms with Crippen LogP contribution in [0.5, 0.6) is 0 Å². The van der Waals surface area contributed by atoms with Crippen molar-refractivity contribution in [2.75, 3.05) is 11.1 Å². The molecule has 1 fully saturated rings. The van der Waals surface area contributed by atoms with Crippen LogP contribution in [0, 0.1) is 12.8 Å². The molecule has 2 unspecified atom stereocenters. The van der Waals surface area contributed by atoms with Crippen LogP contribution in [0.2, 0.25) is 0 Å². The monoisotopic (exact) mass is 206 g/mol. The molecule has 1 aromatic heterocycles. The molecule has 15 heavy (non-hydrogen) atoms. The predicted octanol–water partition coefficient (Wildman–Crippen LogP) is 1.97. The van der Waals surface area contributed by atoms with E-state index in [2.05, 4.69) is 22.2 Å². The lowest BCUT2D eigenvalue weighted by Gasteiger charge is -2.15. The molecule has 0 amide bonds. The molecule has 1 heterocycles. The van der Waals surface area contributed by atoms with Crippen LogP contribution in [-0.4, -0.2) is 16.0 Å². The van der Waals surface area contributed by atoms with Crippen LogP contribution < -0.4 is 11.1 Å². The van der Waals surface area contributed by atoms with Crippen molar-refractivity contribution < 1.29 is 0 Å². The minimum absolute atomic E-state index is 0.549. The van der Waals surface area contributed by atoms with Gasteiger partial charge in [-0.1, -0.05) is 6.92 Å². The second kappa shape index (κ2) is 4.04. The van der Waals surface area contributed by atoms with E-state index >= 15 is 0 Å². The lowest BCUT2D eigenvalue weighted by molar-refractivity contribution is 0.602. The quantitative estimate of drug-likeness (QED) is 0.776. The highest BCUT2D eigenvalue weighted by Gasteiger charge is 2.21. The highest BCUT2D eigenvalue weighted by Crippen LogP contribution is 2.28. The fourth-order valence-electron chi connectivity index (χ4n) is 2.14. The second-order valence-electron chi connectivity index (χ2n) is 4.49. The van der Waals surface area contributed by atoms with Gasteiger partial charge in [-0.15, -0.1) is 0 Å². The summed E-state index contributed by atoms with van der Waals surface area (Å²) in [5.41, 5.74) is 6.69. The van der Waals surface area contributed by atoms with Gasteiger partial charge in [-0.25, -0.2) is 9.97 Å². The molecule has 1 aliphatic carbocycles. The Labute approximate surface area is 90.3 Å². The van der Waals surface area contributed by atoms with E-state index in [9.17, 15) is 0 Å². The Morgan fingerprint density at radius 3 is 2.87 bits per heavy atom. The molecule has 0 aliphatic heterocycles. The molecule has 1 aliphatic rings. The Morgan fingerprint density at radius 2 is 2.20 bits per heavy atom. The van der Waals surface area contributed by atoms with Crippen molar-refractivity contribution in [3.05, 3.63) is 11.9 Å². The van der Waals surface area contributed by atoms with Gasteiger partial charge < -0.3 is 11.1 Å². The predicted molar refractivity (Wildman–Crippen MR) is 61.6 cm³/mol. The summed E-state index contributed by atoms with van der Waals surface area (Å²) in [6, 6.07) is 0.549. The van der Waals surface area contributed by atoms with E-state index in [-0.39, 0.29) is 0 Å². The van der Waals surface area contributed by atoms with Gasteiger partial charge in [-0.05, 0) is 32.1 Å². The fourth-order valence-corrected chi connectivity index (χ4v) is 2.14. The van der Waals surface area contributed by atoms with Gasteiger partial charge in [0.15, 0.2) is 0 Å². The van der Waals surface area contributed by atoms with Crippen LogP contribution in [0.15, 0.2) is 6.33 Å². The van der Waals surface area contributed by atoms with Gasteiger partial charge in [0.2, 0.25) is 0 Å². The van der Waals surface area contributed by atoms with Crippen molar-refractivity contribution in [2.24, 2.45) is 5.92 Å². The third-order valence-corrected chi connectivity index (χ3v) is 3.16. The van der Waals surface area contributed by atoms with Crippen molar-refractivity contribution in [1.82, 2.24) is 9.97 Å². The molecular formula is C11H18N4.